The average Bonchev–Trinajstić information content (AvgIpc) is 1.96. The molecule has 68 valence electrons. The van der Waals surface area contributed by atoms with Crippen LogP contribution in [-0.4, -0.2) is 11.4 Å². The van der Waals surface area contributed by atoms with E-state index in [-0.39, 0.29) is 0 Å². The van der Waals surface area contributed by atoms with Gasteiger partial charge in [-0.25, -0.2) is 0 Å². The highest BCUT2D eigenvalue weighted by molar-refractivity contribution is 5.61. The fraction of sp³-hybridized carbons (Fsp3) is 0.700. The number of hydrogen-bond donors (Lipinski definition) is 1. The van der Waals surface area contributed by atoms with Gasteiger partial charge in [-0.1, -0.05) is 25.5 Å². The molecule has 2 heteroatoms. The van der Waals surface area contributed by atoms with E-state index in [2.05, 4.69) is 32.0 Å². The maximum Gasteiger partial charge on any atom is 0.0475 e. The second-order valence-electron chi connectivity index (χ2n) is 3.90. The third-order valence-corrected chi connectivity index (χ3v) is 2.69. The Labute approximate surface area is 74.0 Å². The molecule has 0 spiro atoms. The number of allylic oxidation sites excluding steroid dienone is 2. The Morgan fingerprint density at radius 1 is 1.58 bits per heavy atom. The molecule has 1 aliphatic carbocycles. The largest absolute Gasteiger partial charge is 0.411 e. The molecule has 0 bridgehead atoms. The van der Waals surface area contributed by atoms with Gasteiger partial charge in [0, 0.05) is 12.1 Å². The fourth-order valence-corrected chi connectivity index (χ4v) is 2.15. The molecule has 0 unspecified atom stereocenters. The van der Waals surface area contributed by atoms with Crippen LogP contribution in [0.15, 0.2) is 16.8 Å². The molecule has 0 aromatic carbocycles. The van der Waals surface area contributed by atoms with Crippen molar-refractivity contribution in [2.24, 2.45) is 22.9 Å². The van der Waals surface area contributed by atoms with Crippen LogP contribution in [0.25, 0.3) is 0 Å². The summed E-state index contributed by atoms with van der Waals surface area (Å²) < 4.78 is 0. The van der Waals surface area contributed by atoms with Gasteiger partial charge in [-0.15, -0.1) is 5.16 Å². The van der Waals surface area contributed by atoms with Crippen LogP contribution in [0.2, 0.25) is 0 Å². The molecule has 0 heterocycles. The smallest absolute Gasteiger partial charge is 0.0475 e. The quantitative estimate of drug-likeness (QED) is 0.277. The predicted octanol–water partition coefficient (Wildman–Crippen LogP) is 2.68. The van der Waals surface area contributed by atoms with E-state index < -0.39 is 0 Å². The lowest BCUT2D eigenvalue weighted by atomic mass is 9.76. The Bertz CT molecular complexity index is 208. The summed E-state index contributed by atoms with van der Waals surface area (Å²) in [6.07, 6.45) is 5.06. The Morgan fingerprint density at radius 2 is 2.25 bits per heavy atom. The second kappa shape index (κ2) is 3.74. The van der Waals surface area contributed by atoms with Crippen LogP contribution >= 0.6 is 0 Å². The molecule has 12 heavy (non-hydrogen) atoms. The van der Waals surface area contributed by atoms with Gasteiger partial charge >= 0.3 is 0 Å². The molecule has 2 nitrogen and oxygen atoms in total. The lowest BCUT2D eigenvalue weighted by molar-refractivity contribution is 0.303. The van der Waals surface area contributed by atoms with Crippen molar-refractivity contribution in [1.82, 2.24) is 0 Å². The van der Waals surface area contributed by atoms with Crippen LogP contribution in [0, 0.1) is 17.8 Å². The van der Waals surface area contributed by atoms with Crippen molar-refractivity contribution < 1.29 is 5.21 Å². The van der Waals surface area contributed by atoms with E-state index >= 15 is 0 Å². The van der Waals surface area contributed by atoms with Crippen molar-refractivity contribution in [3.63, 3.8) is 0 Å². The summed E-state index contributed by atoms with van der Waals surface area (Å²) in [6, 6.07) is 0. The van der Waals surface area contributed by atoms with Gasteiger partial charge in [-0.05, 0) is 25.2 Å². The molecule has 0 saturated heterocycles. The van der Waals surface area contributed by atoms with Crippen LogP contribution in [0.4, 0.5) is 0 Å². The third kappa shape index (κ3) is 1.87. The van der Waals surface area contributed by atoms with Crippen LogP contribution in [0.5, 0.6) is 0 Å². The number of nitrogens with zero attached hydrogens (tertiary/aromatic N) is 1. The Morgan fingerprint density at radius 3 is 2.75 bits per heavy atom. The second-order valence-corrected chi connectivity index (χ2v) is 3.90. The Balaban J connectivity index is 2.75. The molecular formula is C10H17NO. The van der Waals surface area contributed by atoms with Crippen molar-refractivity contribution >= 4 is 6.21 Å². The summed E-state index contributed by atoms with van der Waals surface area (Å²) in [5.41, 5.74) is 1.46. The average molecular weight is 167 g/mol. The Hall–Kier alpha value is -0.790. The van der Waals surface area contributed by atoms with Gasteiger partial charge in [0.15, 0.2) is 0 Å². The molecule has 0 radical (unpaired) electrons. The molecule has 0 aliphatic heterocycles. The van der Waals surface area contributed by atoms with Gasteiger partial charge in [-0.2, -0.15) is 0 Å². The van der Waals surface area contributed by atoms with E-state index in [1.165, 1.54) is 5.57 Å². The minimum atomic E-state index is 0.402. The summed E-state index contributed by atoms with van der Waals surface area (Å²) in [4.78, 5) is 0. The topological polar surface area (TPSA) is 32.6 Å². The summed E-state index contributed by atoms with van der Waals surface area (Å²) in [6.45, 7) is 6.55. The lowest BCUT2D eigenvalue weighted by Crippen LogP contribution is -2.24. The zero-order valence-corrected chi connectivity index (χ0v) is 7.99. The van der Waals surface area contributed by atoms with Crippen molar-refractivity contribution in [2.45, 2.75) is 27.2 Å². The molecule has 1 N–H and O–H groups in total. The molecule has 0 aromatic heterocycles. The van der Waals surface area contributed by atoms with Crippen LogP contribution in [0.3, 0.4) is 0 Å². The van der Waals surface area contributed by atoms with Crippen LogP contribution in [0.1, 0.15) is 27.2 Å². The van der Waals surface area contributed by atoms with E-state index in [0.29, 0.717) is 17.8 Å². The molecule has 0 amide bonds. The monoisotopic (exact) mass is 167 g/mol. The summed E-state index contributed by atoms with van der Waals surface area (Å²) in [7, 11) is 0. The highest BCUT2D eigenvalue weighted by atomic mass is 16.4. The van der Waals surface area contributed by atoms with Crippen molar-refractivity contribution in [1.29, 1.82) is 0 Å². The summed E-state index contributed by atoms with van der Waals surface area (Å²) in [5, 5.41) is 11.6. The predicted molar refractivity (Wildman–Crippen MR) is 50.5 cm³/mol. The molecule has 1 aliphatic rings. The summed E-state index contributed by atoms with van der Waals surface area (Å²) in [5.74, 6) is 1.50. The van der Waals surface area contributed by atoms with Gasteiger partial charge in [0.2, 0.25) is 0 Å². The SMILES string of the molecule is CC1=C[C@H](C)[C@H](/C=N\O)[C@H](C)C1. The first-order chi connectivity index (χ1) is 5.65. The number of rotatable bonds is 1. The molecule has 1 rings (SSSR count). The maximum atomic E-state index is 8.47. The van der Waals surface area contributed by atoms with E-state index in [9.17, 15) is 0 Å². The summed E-state index contributed by atoms with van der Waals surface area (Å²) >= 11 is 0. The molecule has 0 fully saturated rings. The minimum Gasteiger partial charge on any atom is -0.411 e. The lowest BCUT2D eigenvalue weighted by Gasteiger charge is -2.29. The zero-order valence-electron chi connectivity index (χ0n) is 7.99. The standard InChI is InChI=1S/C10H17NO/c1-7-4-8(2)10(6-11-12)9(3)5-7/h4,6,8-10,12H,5H2,1-3H3/b11-6-/t8-,9+,10-/m0/s1. The first-order valence-electron chi connectivity index (χ1n) is 4.50. The first kappa shape index (κ1) is 9.30. The van der Waals surface area contributed by atoms with E-state index in [0.717, 1.165) is 6.42 Å². The van der Waals surface area contributed by atoms with E-state index in [1.54, 1.807) is 6.21 Å². The van der Waals surface area contributed by atoms with Crippen LogP contribution < -0.4 is 0 Å². The van der Waals surface area contributed by atoms with Gasteiger partial charge in [0.05, 0.1) is 0 Å². The first-order valence-corrected chi connectivity index (χ1v) is 4.50. The van der Waals surface area contributed by atoms with Gasteiger partial charge in [0.1, 0.15) is 0 Å². The Kier molecular flexibility index (Phi) is 2.90. The fourth-order valence-electron chi connectivity index (χ4n) is 2.15. The van der Waals surface area contributed by atoms with E-state index in [4.69, 9.17) is 5.21 Å². The highest BCUT2D eigenvalue weighted by Gasteiger charge is 2.25. The zero-order chi connectivity index (χ0) is 9.14. The van der Waals surface area contributed by atoms with Crippen molar-refractivity contribution in [3.8, 4) is 0 Å². The molecule has 3 atom stereocenters. The maximum absolute atomic E-state index is 8.47. The van der Waals surface area contributed by atoms with Gasteiger partial charge < -0.3 is 5.21 Å². The minimum absolute atomic E-state index is 0.402. The number of hydrogen-bond acceptors (Lipinski definition) is 2. The molecular weight excluding hydrogens is 150 g/mol. The van der Waals surface area contributed by atoms with Crippen LogP contribution in [-0.2, 0) is 0 Å². The highest BCUT2D eigenvalue weighted by Crippen LogP contribution is 2.31. The number of oxime groups is 1. The van der Waals surface area contributed by atoms with Gasteiger partial charge in [0.25, 0.3) is 0 Å². The van der Waals surface area contributed by atoms with Gasteiger partial charge in [-0.3, -0.25) is 0 Å². The van der Waals surface area contributed by atoms with Crippen molar-refractivity contribution in [3.05, 3.63) is 11.6 Å². The third-order valence-electron chi connectivity index (χ3n) is 2.69. The molecule has 0 saturated carbocycles. The van der Waals surface area contributed by atoms with Crippen molar-refractivity contribution in [2.75, 3.05) is 0 Å². The van der Waals surface area contributed by atoms with E-state index in [1.807, 2.05) is 0 Å². The molecule has 0 aromatic rings. The normalized spacial score (nSPS) is 36.9.